The van der Waals surface area contributed by atoms with Gasteiger partial charge in [-0.2, -0.15) is 4.98 Å². The Labute approximate surface area is 162 Å². The topological polar surface area (TPSA) is 70.5 Å². The van der Waals surface area contributed by atoms with E-state index in [1.54, 1.807) is 13.8 Å². The maximum atomic E-state index is 12.2. The number of hydrogen-bond donors (Lipinski definition) is 0. The van der Waals surface area contributed by atoms with Gasteiger partial charge in [-0.15, -0.1) is 11.3 Å². The molecule has 0 spiro atoms. The summed E-state index contributed by atoms with van der Waals surface area (Å²) in [4.78, 5) is 22.3. The Kier molecular flexibility index (Phi) is 5.91. The maximum absolute atomic E-state index is 12.2. The fraction of sp³-hybridized carbons (Fsp3) is 0.350. The van der Waals surface area contributed by atoms with Crippen LogP contribution >= 0.6 is 11.3 Å². The number of nitrogens with zero attached hydrogens (tertiary/aromatic N) is 2. The molecule has 142 valence electrons. The second kappa shape index (κ2) is 8.35. The average molecular weight is 386 g/mol. The first-order valence-corrected chi connectivity index (χ1v) is 9.70. The van der Waals surface area contributed by atoms with E-state index in [9.17, 15) is 4.79 Å². The fourth-order valence-corrected chi connectivity index (χ4v) is 3.72. The van der Waals surface area contributed by atoms with Crippen LogP contribution in [0, 0.1) is 13.8 Å². The number of aromatic nitrogens is 2. The third kappa shape index (κ3) is 4.19. The molecule has 0 radical (unpaired) electrons. The zero-order valence-corrected chi connectivity index (χ0v) is 16.7. The van der Waals surface area contributed by atoms with Crippen molar-refractivity contribution in [1.82, 2.24) is 9.97 Å². The standard InChI is InChI=1S/C20H22N2O4S/c1-5-11-25-14-7-9-15(10-8-14)26-18-16-12(3)17(20(23)24-6-2)27-19(16)22-13(4)21-18/h7-10H,5-6,11H2,1-4H3. The summed E-state index contributed by atoms with van der Waals surface area (Å²) in [6.07, 6.45) is 0.955. The molecule has 0 aliphatic carbocycles. The van der Waals surface area contributed by atoms with Gasteiger partial charge in [0.25, 0.3) is 0 Å². The molecule has 7 heteroatoms. The highest BCUT2D eigenvalue weighted by Gasteiger charge is 2.22. The van der Waals surface area contributed by atoms with Crippen molar-refractivity contribution in [3.63, 3.8) is 0 Å². The Balaban J connectivity index is 1.95. The lowest BCUT2D eigenvalue weighted by Crippen LogP contribution is -2.03. The first-order valence-electron chi connectivity index (χ1n) is 8.89. The summed E-state index contributed by atoms with van der Waals surface area (Å²) in [6, 6.07) is 7.39. The van der Waals surface area contributed by atoms with Crippen LogP contribution in [-0.4, -0.2) is 29.2 Å². The molecular formula is C20H22N2O4S. The monoisotopic (exact) mass is 386 g/mol. The smallest absolute Gasteiger partial charge is 0.348 e. The first-order chi connectivity index (χ1) is 13.0. The van der Waals surface area contributed by atoms with Crippen molar-refractivity contribution in [3.8, 4) is 17.4 Å². The Morgan fingerprint density at radius 1 is 1.07 bits per heavy atom. The Morgan fingerprint density at radius 2 is 1.78 bits per heavy atom. The first kappa shape index (κ1) is 19.1. The van der Waals surface area contributed by atoms with Crippen LogP contribution in [0.4, 0.5) is 0 Å². The lowest BCUT2D eigenvalue weighted by Gasteiger charge is -2.09. The van der Waals surface area contributed by atoms with Gasteiger partial charge in [-0.3, -0.25) is 0 Å². The van der Waals surface area contributed by atoms with Gasteiger partial charge in [-0.05, 0) is 57.0 Å². The Morgan fingerprint density at radius 3 is 2.44 bits per heavy atom. The lowest BCUT2D eigenvalue weighted by molar-refractivity contribution is 0.0531. The van der Waals surface area contributed by atoms with Crippen molar-refractivity contribution < 1.29 is 19.0 Å². The van der Waals surface area contributed by atoms with Crippen molar-refractivity contribution in [1.29, 1.82) is 0 Å². The minimum Gasteiger partial charge on any atom is -0.494 e. The van der Waals surface area contributed by atoms with Crippen LogP contribution in [-0.2, 0) is 4.74 Å². The number of esters is 1. The zero-order chi connectivity index (χ0) is 19.4. The van der Waals surface area contributed by atoms with Crippen molar-refractivity contribution in [3.05, 3.63) is 40.5 Å². The molecular weight excluding hydrogens is 364 g/mol. The van der Waals surface area contributed by atoms with E-state index < -0.39 is 0 Å². The Hall–Kier alpha value is -2.67. The molecule has 3 rings (SSSR count). The predicted molar refractivity (Wildman–Crippen MR) is 105 cm³/mol. The Bertz CT molecular complexity index is 951. The molecule has 2 aromatic heterocycles. The molecule has 0 saturated heterocycles. The number of hydrogen-bond acceptors (Lipinski definition) is 7. The molecule has 27 heavy (non-hydrogen) atoms. The molecule has 0 bridgehead atoms. The molecule has 6 nitrogen and oxygen atoms in total. The highest BCUT2D eigenvalue weighted by molar-refractivity contribution is 7.20. The van der Waals surface area contributed by atoms with Gasteiger partial charge in [-0.1, -0.05) is 6.92 Å². The molecule has 1 aromatic carbocycles. The molecule has 0 fully saturated rings. The van der Waals surface area contributed by atoms with Gasteiger partial charge in [0.2, 0.25) is 5.88 Å². The van der Waals surface area contributed by atoms with Crippen molar-refractivity contribution >= 4 is 27.5 Å². The summed E-state index contributed by atoms with van der Waals surface area (Å²) in [5.74, 6) is 2.10. The van der Waals surface area contributed by atoms with E-state index in [-0.39, 0.29) is 5.97 Å². The number of fused-ring (bicyclic) bond motifs is 1. The fourth-order valence-electron chi connectivity index (χ4n) is 2.60. The third-order valence-corrected chi connectivity index (χ3v) is 5.01. The lowest BCUT2D eigenvalue weighted by atomic mass is 10.2. The van der Waals surface area contributed by atoms with Gasteiger partial charge in [0.15, 0.2) is 0 Å². The molecule has 0 N–H and O–H groups in total. The van der Waals surface area contributed by atoms with Gasteiger partial charge in [0.05, 0.1) is 18.6 Å². The van der Waals surface area contributed by atoms with Crippen LogP contribution in [0.3, 0.4) is 0 Å². The van der Waals surface area contributed by atoms with Crippen LogP contribution in [0.1, 0.15) is 41.3 Å². The molecule has 0 saturated carbocycles. The zero-order valence-electron chi connectivity index (χ0n) is 15.9. The van der Waals surface area contributed by atoms with E-state index in [2.05, 4.69) is 16.9 Å². The van der Waals surface area contributed by atoms with E-state index in [4.69, 9.17) is 14.2 Å². The van der Waals surface area contributed by atoms with Crippen LogP contribution in [0.2, 0.25) is 0 Å². The molecule has 3 aromatic rings. The molecule has 2 heterocycles. The van der Waals surface area contributed by atoms with E-state index in [0.29, 0.717) is 40.4 Å². The van der Waals surface area contributed by atoms with Crippen molar-refractivity contribution in [2.75, 3.05) is 13.2 Å². The van der Waals surface area contributed by atoms with Gasteiger partial charge in [0, 0.05) is 0 Å². The van der Waals surface area contributed by atoms with Crippen molar-refractivity contribution in [2.45, 2.75) is 34.1 Å². The highest BCUT2D eigenvalue weighted by atomic mass is 32.1. The number of carbonyl (C=O) groups excluding carboxylic acids is 1. The van der Waals surface area contributed by atoms with E-state index in [0.717, 1.165) is 23.1 Å². The number of benzene rings is 1. The summed E-state index contributed by atoms with van der Waals surface area (Å²) in [5.41, 5.74) is 0.770. The third-order valence-electron chi connectivity index (χ3n) is 3.84. The second-order valence-electron chi connectivity index (χ2n) is 5.95. The van der Waals surface area contributed by atoms with Crippen LogP contribution < -0.4 is 9.47 Å². The van der Waals surface area contributed by atoms with E-state index in [1.807, 2.05) is 31.2 Å². The molecule has 0 amide bonds. The summed E-state index contributed by atoms with van der Waals surface area (Å²) in [7, 11) is 0. The number of aryl methyl sites for hydroxylation is 2. The van der Waals surface area contributed by atoms with E-state index >= 15 is 0 Å². The summed E-state index contributed by atoms with van der Waals surface area (Å²) in [6.45, 7) is 8.51. The summed E-state index contributed by atoms with van der Waals surface area (Å²) in [5, 5.41) is 0.736. The quantitative estimate of drug-likeness (QED) is 0.528. The van der Waals surface area contributed by atoms with Crippen molar-refractivity contribution in [2.24, 2.45) is 0 Å². The maximum Gasteiger partial charge on any atom is 0.348 e. The van der Waals surface area contributed by atoms with Gasteiger partial charge in [0.1, 0.15) is 27.0 Å². The summed E-state index contributed by atoms with van der Waals surface area (Å²) < 4.78 is 16.7. The molecule has 0 aliphatic rings. The van der Waals surface area contributed by atoms with Crippen LogP contribution in [0.15, 0.2) is 24.3 Å². The normalized spacial score (nSPS) is 10.8. The van der Waals surface area contributed by atoms with Gasteiger partial charge in [-0.25, -0.2) is 9.78 Å². The minimum atomic E-state index is -0.348. The number of thiophene rings is 1. The number of carbonyl (C=O) groups is 1. The van der Waals surface area contributed by atoms with E-state index in [1.165, 1.54) is 11.3 Å². The molecule has 0 unspecified atom stereocenters. The average Bonchev–Trinajstić information content (AvgIpc) is 2.98. The summed E-state index contributed by atoms with van der Waals surface area (Å²) >= 11 is 1.30. The number of rotatable bonds is 7. The largest absolute Gasteiger partial charge is 0.494 e. The second-order valence-corrected chi connectivity index (χ2v) is 6.95. The van der Waals surface area contributed by atoms with Crippen LogP contribution in [0.25, 0.3) is 10.2 Å². The van der Waals surface area contributed by atoms with Gasteiger partial charge >= 0.3 is 5.97 Å². The minimum absolute atomic E-state index is 0.326. The SMILES string of the molecule is CCCOc1ccc(Oc2nc(C)nc3sc(C(=O)OCC)c(C)c23)cc1. The van der Waals surface area contributed by atoms with Gasteiger partial charge < -0.3 is 14.2 Å². The molecule has 0 aliphatic heterocycles. The molecule has 0 atom stereocenters. The predicted octanol–water partition coefficient (Wildman–Crippen LogP) is 5.07. The highest BCUT2D eigenvalue weighted by Crippen LogP contribution is 2.37. The van der Waals surface area contributed by atoms with Crippen LogP contribution in [0.5, 0.6) is 17.4 Å². The number of ether oxygens (including phenoxy) is 3.